The Balaban J connectivity index is 1.67. The van der Waals surface area contributed by atoms with E-state index in [1.54, 1.807) is 6.07 Å². The second-order valence-electron chi connectivity index (χ2n) is 5.80. The molecule has 4 heteroatoms. The van der Waals surface area contributed by atoms with Crippen LogP contribution in [-0.2, 0) is 0 Å². The van der Waals surface area contributed by atoms with E-state index in [0.29, 0.717) is 28.7 Å². The summed E-state index contributed by atoms with van der Waals surface area (Å²) in [4.78, 5) is 12.3. The molecule has 3 nitrogen and oxygen atoms in total. The Bertz CT molecular complexity index is 471. The first-order valence-electron chi connectivity index (χ1n) is 6.94. The SMILES string of the molecule is Cc1cc(Cl)cc(C(=O)NC2CC3CCC(C2)N3)c1. The number of halogens is 1. The Hall–Kier alpha value is -1.06. The summed E-state index contributed by atoms with van der Waals surface area (Å²) in [5.41, 5.74) is 1.68. The molecule has 1 aromatic rings. The number of carbonyl (C=O) groups excluding carboxylic acids is 1. The Labute approximate surface area is 118 Å². The number of piperidine rings is 1. The summed E-state index contributed by atoms with van der Waals surface area (Å²) in [6.07, 6.45) is 4.57. The number of carbonyl (C=O) groups is 1. The van der Waals surface area contributed by atoms with Crippen molar-refractivity contribution >= 4 is 17.5 Å². The van der Waals surface area contributed by atoms with Crippen LogP contribution in [0.3, 0.4) is 0 Å². The first-order chi connectivity index (χ1) is 9.10. The third-order valence-corrected chi connectivity index (χ3v) is 4.33. The average Bonchev–Trinajstić information content (AvgIpc) is 2.67. The van der Waals surface area contributed by atoms with Gasteiger partial charge in [-0.05, 0) is 56.4 Å². The summed E-state index contributed by atoms with van der Waals surface area (Å²) in [5, 5.41) is 7.35. The number of benzene rings is 1. The Morgan fingerprint density at radius 2 is 1.95 bits per heavy atom. The van der Waals surface area contributed by atoms with Gasteiger partial charge in [0.1, 0.15) is 0 Å². The minimum absolute atomic E-state index is 0.00287. The Morgan fingerprint density at radius 3 is 2.58 bits per heavy atom. The molecule has 0 radical (unpaired) electrons. The third-order valence-electron chi connectivity index (χ3n) is 4.11. The molecule has 2 fully saturated rings. The fourth-order valence-electron chi connectivity index (χ4n) is 3.31. The van der Waals surface area contributed by atoms with Gasteiger partial charge in [0.05, 0.1) is 0 Å². The smallest absolute Gasteiger partial charge is 0.251 e. The number of hydrogen-bond donors (Lipinski definition) is 2. The highest BCUT2D eigenvalue weighted by Crippen LogP contribution is 2.27. The van der Waals surface area contributed by atoms with E-state index in [4.69, 9.17) is 11.6 Å². The molecule has 102 valence electrons. The molecule has 19 heavy (non-hydrogen) atoms. The molecule has 2 saturated heterocycles. The summed E-state index contributed by atoms with van der Waals surface area (Å²) in [6, 6.07) is 6.96. The largest absolute Gasteiger partial charge is 0.349 e. The third kappa shape index (κ3) is 2.93. The number of nitrogens with one attached hydrogen (secondary N) is 2. The number of aryl methyl sites for hydroxylation is 1. The number of hydrogen-bond acceptors (Lipinski definition) is 2. The van der Waals surface area contributed by atoms with Gasteiger partial charge in [-0.2, -0.15) is 0 Å². The molecule has 2 bridgehead atoms. The van der Waals surface area contributed by atoms with Crippen LogP contribution in [0.5, 0.6) is 0 Å². The minimum Gasteiger partial charge on any atom is -0.349 e. The lowest BCUT2D eigenvalue weighted by molar-refractivity contribution is 0.0924. The van der Waals surface area contributed by atoms with Crippen LogP contribution in [-0.4, -0.2) is 24.0 Å². The first-order valence-corrected chi connectivity index (χ1v) is 7.32. The maximum atomic E-state index is 12.3. The van der Waals surface area contributed by atoms with Gasteiger partial charge in [0.15, 0.2) is 0 Å². The molecule has 2 unspecified atom stereocenters. The van der Waals surface area contributed by atoms with E-state index in [0.717, 1.165) is 18.4 Å². The molecule has 2 aliphatic heterocycles. The molecular formula is C15H19ClN2O. The van der Waals surface area contributed by atoms with E-state index >= 15 is 0 Å². The van der Waals surface area contributed by atoms with Gasteiger partial charge >= 0.3 is 0 Å². The van der Waals surface area contributed by atoms with Crippen LogP contribution in [0, 0.1) is 6.92 Å². The van der Waals surface area contributed by atoms with Crippen LogP contribution < -0.4 is 10.6 Å². The molecule has 2 heterocycles. The zero-order valence-corrected chi connectivity index (χ0v) is 11.8. The van der Waals surface area contributed by atoms with Crippen LogP contribution >= 0.6 is 11.6 Å². The van der Waals surface area contributed by atoms with Gasteiger partial charge in [-0.1, -0.05) is 11.6 Å². The molecule has 2 atom stereocenters. The van der Waals surface area contributed by atoms with E-state index in [-0.39, 0.29) is 5.91 Å². The van der Waals surface area contributed by atoms with Crippen molar-refractivity contribution in [2.45, 2.75) is 50.7 Å². The standard InChI is InChI=1S/C15H19ClN2O/c1-9-4-10(6-11(16)5-9)15(19)18-14-7-12-2-3-13(8-14)17-12/h4-6,12-14,17H,2-3,7-8H2,1H3,(H,18,19). The maximum absolute atomic E-state index is 12.3. The average molecular weight is 279 g/mol. The summed E-state index contributed by atoms with van der Waals surface area (Å²) in [7, 11) is 0. The Morgan fingerprint density at radius 1 is 1.26 bits per heavy atom. The van der Waals surface area contributed by atoms with Crippen LogP contribution in [0.2, 0.25) is 5.02 Å². The van der Waals surface area contributed by atoms with Crippen molar-refractivity contribution in [1.29, 1.82) is 0 Å². The van der Waals surface area contributed by atoms with Crippen LogP contribution in [0.4, 0.5) is 0 Å². The fraction of sp³-hybridized carbons (Fsp3) is 0.533. The zero-order chi connectivity index (χ0) is 13.4. The van der Waals surface area contributed by atoms with Gasteiger partial charge in [0.2, 0.25) is 0 Å². The molecule has 1 amide bonds. The maximum Gasteiger partial charge on any atom is 0.251 e. The van der Waals surface area contributed by atoms with Crippen LogP contribution in [0.15, 0.2) is 18.2 Å². The number of fused-ring (bicyclic) bond motifs is 2. The minimum atomic E-state index is -0.00287. The molecule has 0 aromatic heterocycles. The summed E-state index contributed by atoms with van der Waals surface area (Å²) >= 11 is 6.00. The van der Waals surface area contributed by atoms with Gasteiger partial charge in [-0.3, -0.25) is 4.79 Å². The van der Waals surface area contributed by atoms with Gasteiger partial charge in [0, 0.05) is 28.7 Å². The predicted molar refractivity (Wildman–Crippen MR) is 76.6 cm³/mol. The van der Waals surface area contributed by atoms with Gasteiger partial charge in [0.25, 0.3) is 5.91 Å². The lowest BCUT2D eigenvalue weighted by atomic mass is 9.99. The van der Waals surface area contributed by atoms with E-state index in [9.17, 15) is 4.79 Å². The van der Waals surface area contributed by atoms with E-state index in [2.05, 4.69) is 10.6 Å². The molecule has 3 rings (SSSR count). The monoisotopic (exact) mass is 278 g/mol. The highest BCUT2D eigenvalue weighted by Gasteiger charge is 2.34. The molecule has 2 aliphatic rings. The highest BCUT2D eigenvalue weighted by molar-refractivity contribution is 6.31. The van der Waals surface area contributed by atoms with Crippen molar-refractivity contribution in [2.24, 2.45) is 0 Å². The predicted octanol–water partition coefficient (Wildman–Crippen LogP) is 2.66. The lowest BCUT2D eigenvalue weighted by Gasteiger charge is -2.29. The van der Waals surface area contributed by atoms with Crippen molar-refractivity contribution < 1.29 is 4.79 Å². The zero-order valence-electron chi connectivity index (χ0n) is 11.1. The summed E-state index contributed by atoms with van der Waals surface area (Å²) in [6.45, 7) is 1.95. The van der Waals surface area contributed by atoms with Crippen molar-refractivity contribution in [3.05, 3.63) is 34.3 Å². The van der Waals surface area contributed by atoms with Crippen LogP contribution in [0.25, 0.3) is 0 Å². The van der Waals surface area contributed by atoms with Gasteiger partial charge in [-0.25, -0.2) is 0 Å². The number of amides is 1. The Kier molecular flexibility index (Phi) is 3.50. The second-order valence-corrected chi connectivity index (χ2v) is 6.23. The lowest BCUT2D eigenvalue weighted by Crippen LogP contribution is -2.48. The van der Waals surface area contributed by atoms with E-state index < -0.39 is 0 Å². The molecular weight excluding hydrogens is 260 g/mol. The first kappa shape index (κ1) is 12.9. The molecule has 0 spiro atoms. The summed E-state index contributed by atoms with van der Waals surface area (Å²) in [5.74, 6) is -0.00287. The highest BCUT2D eigenvalue weighted by atomic mass is 35.5. The second kappa shape index (κ2) is 5.14. The molecule has 2 N–H and O–H groups in total. The van der Waals surface area contributed by atoms with Gasteiger partial charge < -0.3 is 10.6 Å². The van der Waals surface area contributed by atoms with Gasteiger partial charge in [-0.15, -0.1) is 0 Å². The topological polar surface area (TPSA) is 41.1 Å². The van der Waals surface area contributed by atoms with Crippen LogP contribution in [0.1, 0.15) is 41.6 Å². The van der Waals surface area contributed by atoms with Crippen molar-refractivity contribution in [3.8, 4) is 0 Å². The number of rotatable bonds is 2. The quantitative estimate of drug-likeness (QED) is 0.873. The van der Waals surface area contributed by atoms with Crippen molar-refractivity contribution in [2.75, 3.05) is 0 Å². The summed E-state index contributed by atoms with van der Waals surface area (Å²) < 4.78 is 0. The van der Waals surface area contributed by atoms with Crippen molar-refractivity contribution in [3.63, 3.8) is 0 Å². The molecule has 0 aliphatic carbocycles. The molecule has 0 saturated carbocycles. The molecule has 1 aromatic carbocycles. The normalized spacial score (nSPS) is 29.3. The van der Waals surface area contributed by atoms with E-state index in [1.165, 1.54) is 12.8 Å². The fourth-order valence-corrected chi connectivity index (χ4v) is 3.60. The van der Waals surface area contributed by atoms with E-state index in [1.807, 2.05) is 19.1 Å². The van der Waals surface area contributed by atoms with Crippen molar-refractivity contribution in [1.82, 2.24) is 10.6 Å².